The molecule has 9 rings (SSSR count). The number of hydrogen-bond acceptors (Lipinski definition) is 4. The standard InChI is InChI=1S/C46H30FN3O/c47-38-26-23-31(24-27-38)33-15-12-16-34(29-33)44-48-43(32-13-4-1-5-14-32)49-45(50-44)35-25-28-40-39-21-10-11-22-41(39)46(51-42(40)30-35,36-17-6-2-7-18-36)37-19-8-3-9-20-37/h1-30H. The van der Waals surface area contributed by atoms with Gasteiger partial charge in [-0.15, -0.1) is 0 Å². The highest BCUT2D eigenvalue weighted by Crippen LogP contribution is 2.52. The van der Waals surface area contributed by atoms with E-state index in [2.05, 4.69) is 91.0 Å². The minimum atomic E-state index is -0.884. The number of fused-ring (bicyclic) bond motifs is 3. The van der Waals surface area contributed by atoms with Crippen LogP contribution in [0.5, 0.6) is 5.75 Å². The first kappa shape index (κ1) is 30.3. The fourth-order valence-corrected chi connectivity index (χ4v) is 6.99. The van der Waals surface area contributed by atoms with Gasteiger partial charge in [0.15, 0.2) is 23.1 Å². The number of benzene rings is 7. The fraction of sp³-hybridized carbons (Fsp3) is 0.0217. The van der Waals surface area contributed by atoms with Crippen molar-refractivity contribution in [2.45, 2.75) is 5.60 Å². The third-order valence-corrected chi connectivity index (χ3v) is 9.43. The van der Waals surface area contributed by atoms with E-state index in [1.54, 1.807) is 12.1 Å². The number of hydrogen-bond donors (Lipinski definition) is 0. The molecule has 1 aromatic heterocycles. The summed E-state index contributed by atoms with van der Waals surface area (Å²) in [7, 11) is 0. The minimum Gasteiger partial charge on any atom is -0.472 e. The van der Waals surface area contributed by atoms with Gasteiger partial charge in [-0.3, -0.25) is 0 Å². The molecule has 242 valence electrons. The van der Waals surface area contributed by atoms with Gasteiger partial charge < -0.3 is 4.74 Å². The Kier molecular flexibility index (Phi) is 7.51. The number of aromatic nitrogens is 3. The highest BCUT2D eigenvalue weighted by atomic mass is 19.1. The summed E-state index contributed by atoms with van der Waals surface area (Å²) in [5.74, 6) is 2.10. The number of halogens is 1. The monoisotopic (exact) mass is 659 g/mol. The molecule has 0 saturated carbocycles. The summed E-state index contributed by atoms with van der Waals surface area (Å²) >= 11 is 0. The van der Waals surface area contributed by atoms with Gasteiger partial charge in [-0.2, -0.15) is 0 Å². The molecule has 51 heavy (non-hydrogen) atoms. The Hall–Kier alpha value is -6.72. The molecule has 0 saturated heterocycles. The summed E-state index contributed by atoms with van der Waals surface area (Å²) in [5, 5.41) is 0. The van der Waals surface area contributed by atoms with Crippen molar-refractivity contribution in [3.8, 4) is 62.2 Å². The molecule has 0 amide bonds. The molecule has 0 unspecified atom stereocenters. The molecule has 1 aliphatic rings. The Morgan fingerprint density at radius 3 is 1.57 bits per heavy atom. The van der Waals surface area contributed by atoms with Crippen LogP contribution in [0, 0.1) is 5.82 Å². The van der Waals surface area contributed by atoms with E-state index < -0.39 is 5.60 Å². The molecule has 8 aromatic rings. The van der Waals surface area contributed by atoms with Gasteiger partial charge in [0, 0.05) is 38.9 Å². The summed E-state index contributed by atoms with van der Waals surface area (Å²) in [6, 6.07) is 59.9. The summed E-state index contributed by atoms with van der Waals surface area (Å²) in [4.78, 5) is 15.0. The highest BCUT2D eigenvalue weighted by Gasteiger charge is 2.44. The molecular formula is C46H30FN3O. The van der Waals surface area contributed by atoms with Crippen molar-refractivity contribution in [3.05, 3.63) is 204 Å². The average Bonchev–Trinajstić information content (AvgIpc) is 3.21. The van der Waals surface area contributed by atoms with Crippen LogP contribution in [0.1, 0.15) is 16.7 Å². The quantitative estimate of drug-likeness (QED) is 0.178. The van der Waals surface area contributed by atoms with Gasteiger partial charge in [0.05, 0.1) is 0 Å². The van der Waals surface area contributed by atoms with Crippen LogP contribution in [0.15, 0.2) is 182 Å². The number of rotatable bonds is 6. The first-order chi connectivity index (χ1) is 25.2. The molecule has 0 bridgehead atoms. The molecule has 0 radical (unpaired) electrons. The fourth-order valence-electron chi connectivity index (χ4n) is 6.99. The van der Waals surface area contributed by atoms with E-state index in [-0.39, 0.29) is 5.82 Å². The SMILES string of the molecule is Fc1ccc(-c2cccc(-c3nc(-c4ccccc4)nc(-c4ccc5c(c4)OC(c4ccccc4)(c4ccccc4)c4ccccc4-5)n3)c2)cc1. The zero-order chi connectivity index (χ0) is 34.2. The molecular weight excluding hydrogens is 630 g/mol. The Balaban J connectivity index is 1.22. The molecule has 0 aliphatic carbocycles. The first-order valence-electron chi connectivity index (χ1n) is 16.9. The largest absolute Gasteiger partial charge is 0.472 e. The van der Waals surface area contributed by atoms with Crippen molar-refractivity contribution >= 4 is 0 Å². The van der Waals surface area contributed by atoms with Gasteiger partial charge in [-0.25, -0.2) is 19.3 Å². The lowest BCUT2D eigenvalue weighted by atomic mass is 9.75. The van der Waals surface area contributed by atoms with E-state index in [0.717, 1.165) is 61.4 Å². The summed E-state index contributed by atoms with van der Waals surface area (Å²) < 4.78 is 21.0. The van der Waals surface area contributed by atoms with Gasteiger partial charge in [0.1, 0.15) is 11.6 Å². The lowest BCUT2D eigenvalue weighted by Gasteiger charge is -2.41. The Bertz CT molecular complexity index is 2460. The second kappa shape index (κ2) is 12.6. The zero-order valence-electron chi connectivity index (χ0n) is 27.4. The van der Waals surface area contributed by atoms with Crippen LogP contribution in [0.3, 0.4) is 0 Å². The van der Waals surface area contributed by atoms with Crippen molar-refractivity contribution < 1.29 is 9.13 Å². The van der Waals surface area contributed by atoms with Crippen molar-refractivity contribution in [2.75, 3.05) is 0 Å². The third-order valence-electron chi connectivity index (χ3n) is 9.43. The molecule has 0 N–H and O–H groups in total. The maximum Gasteiger partial charge on any atom is 0.185 e. The van der Waals surface area contributed by atoms with Gasteiger partial charge in [0.25, 0.3) is 0 Å². The van der Waals surface area contributed by atoms with E-state index in [4.69, 9.17) is 19.7 Å². The van der Waals surface area contributed by atoms with Crippen molar-refractivity contribution in [1.82, 2.24) is 15.0 Å². The van der Waals surface area contributed by atoms with E-state index in [1.807, 2.05) is 66.7 Å². The average molecular weight is 660 g/mol. The molecule has 2 heterocycles. The lowest BCUT2D eigenvalue weighted by molar-refractivity contribution is 0.152. The van der Waals surface area contributed by atoms with E-state index in [9.17, 15) is 4.39 Å². The van der Waals surface area contributed by atoms with Crippen LogP contribution in [0.4, 0.5) is 4.39 Å². The van der Waals surface area contributed by atoms with Crippen molar-refractivity contribution in [2.24, 2.45) is 0 Å². The predicted molar refractivity (Wildman–Crippen MR) is 200 cm³/mol. The smallest absolute Gasteiger partial charge is 0.185 e. The molecule has 5 heteroatoms. The minimum absolute atomic E-state index is 0.271. The van der Waals surface area contributed by atoms with Gasteiger partial charge in [-0.1, -0.05) is 152 Å². The molecule has 0 spiro atoms. The van der Waals surface area contributed by atoms with Crippen LogP contribution in [-0.2, 0) is 5.60 Å². The Morgan fingerprint density at radius 2 is 0.902 bits per heavy atom. The van der Waals surface area contributed by atoms with Crippen LogP contribution >= 0.6 is 0 Å². The second-order valence-corrected chi connectivity index (χ2v) is 12.5. The van der Waals surface area contributed by atoms with E-state index in [1.165, 1.54) is 12.1 Å². The summed E-state index contributed by atoms with van der Waals surface area (Å²) in [6.07, 6.45) is 0. The molecule has 7 aromatic carbocycles. The van der Waals surface area contributed by atoms with E-state index >= 15 is 0 Å². The van der Waals surface area contributed by atoms with Crippen molar-refractivity contribution in [1.29, 1.82) is 0 Å². The van der Waals surface area contributed by atoms with Crippen LogP contribution in [0.25, 0.3) is 56.4 Å². The Labute approximate surface area is 295 Å². The van der Waals surface area contributed by atoms with Gasteiger partial charge in [0.2, 0.25) is 0 Å². The molecule has 4 nitrogen and oxygen atoms in total. The first-order valence-corrected chi connectivity index (χ1v) is 16.9. The topological polar surface area (TPSA) is 47.9 Å². The van der Waals surface area contributed by atoms with Gasteiger partial charge >= 0.3 is 0 Å². The van der Waals surface area contributed by atoms with Crippen LogP contribution < -0.4 is 4.74 Å². The summed E-state index contributed by atoms with van der Waals surface area (Å²) in [6.45, 7) is 0. The second-order valence-electron chi connectivity index (χ2n) is 12.5. The van der Waals surface area contributed by atoms with E-state index in [0.29, 0.717) is 17.5 Å². The number of nitrogens with zero attached hydrogens (tertiary/aromatic N) is 3. The zero-order valence-corrected chi connectivity index (χ0v) is 27.4. The van der Waals surface area contributed by atoms with Crippen LogP contribution in [0.2, 0.25) is 0 Å². The van der Waals surface area contributed by atoms with Crippen LogP contribution in [-0.4, -0.2) is 15.0 Å². The number of ether oxygens (including phenoxy) is 1. The normalized spacial score (nSPS) is 12.7. The highest BCUT2D eigenvalue weighted by molar-refractivity contribution is 5.82. The maximum absolute atomic E-state index is 13.7. The van der Waals surface area contributed by atoms with Gasteiger partial charge in [-0.05, 0) is 47.0 Å². The third kappa shape index (κ3) is 5.45. The lowest BCUT2D eigenvalue weighted by Crippen LogP contribution is -2.38. The maximum atomic E-state index is 13.7. The molecule has 1 aliphatic heterocycles. The van der Waals surface area contributed by atoms with Crippen molar-refractivity contribution in [3.63, 3.8) is 0 Å². The predicted octanol–water partition coefficient (Wildman–Crippen LogP) is 11.0. The Morgan fingerprint density at radius 1 is 0.392 bits per heavy atom. The molecule has 0 fully saturated rings. The molecule has 0 atom stereocenters. The summed E-state index contributed by atoms with van der Waals surface area (Å²) in [5.41, 5.74) is 8.74.